The first-order valence-corrected chi connectivity index (χ1v) is 10.4. The van der Waals surface area contributed by atoms with E-state index in [4.69, 9.17) is 4.52 Å². The number of amides is 2. The van der Waals surface area contributed by atoms with Gasteiger partial charge in [-0.15, -0.1) is 11.8 Å². The molecule has 6 nitrogen and oxygen atoms in total. The maximum atomic E-state index is 12.8. The van der Waals surface area contributed by atoms with Gasteiger partial charge in [0.2, 0.25) is 0 Å². The second kappa shape index (κ2) is 8.53. The molecule has 2 N–H and O–H groups in total. The van der Waals surface area contributed by atoms with Crippen LogP contribution in [0.25, 0.3) is 0 Å². The molecule has 2 aromatic carbocycles. The third kappa shape index (κ3) is 5.06. The highest BCUT2D eigenvalue weighted by Gasteiger charge is 2.23. The fourth-order valence-electron chi connectivity index (χ4n) is 2.81. The zero-order valence-electron chi connectivity index (χ0n) is 16.0. The number of hydrogen-bond donors (Lipinski definition) is 2. The topological polar surface area (TPSA) is 84.2 Å². The number of carbonyl (C=O) groups is 2. The van der Waals surface area contributed by atoms with Crippen LogP contribution in [0.5, 0.6) is 0 Å². The van der Waals surface area contributed by atoms with E-state index in [9.17, 15) is 9.59 Å². The highest BCUT2D eigenvalue weighted by molar-refractivity contribution is 7.98. The molecule has 4 rings (SSSR count). The fourth-order valence-corrected chi connectivity index (χ4v) is 3.74. The molecular weight excluding hydrogens is 386 g/mol. The van der Waals surface area contributed by atoms with Crippen LogP contribution in [0, 0.1) is 6.92 Å². The lowest BCUT2D eigenvalue weighted by atomic mass is 10.1. The first-order valence-electron chi connectivity index (χ1n) is 9.45. The maximum absolute atomic E-state index is 12.8. The fraction of sp³-hybridized carbons (Fsp3) is 0.227. The molecular formula is C22H21N3O3S. The van der Waals surface area contributed by atoms with Crippen molar-refractivity contribution in [3.63, 3.8) is 0 Å². The van der Waals surface area contributed by atoms with Gasteiger partial charge in [0.15, 0.2) is 0 Å². The van der Waals surface area contributed by atoms with Gasteiger partial charge in [-0.05, 0) is 56.2 Å². The maximum Gasteiger partial charge on any atom is 0.256 e. The monoisotopic (exact) mass is 407 g/mol. The summed E-state index contributed by atoms with van der Waals surface area (Å²) in [5.74, 6) is 1.09. The number of thioether (sulfide) groups is 1. The minimum absolute atomic E-state index is 0.0743. The summed E-state index contributed by atoms with van der Waals surface area (Å²) in [5, 5.41) is 9.74. The number of nitrogens with zero attached hydrogens (tertiary/aromatic N) is 1. The van der Waals surface area contributed by atoms with Crippen LogP contribution < -0.4 is 10.6 Å². The van der Waals surface area contributed by atoms with Gasteiger partial charge >= 0.3 is 0 Å². The van der Waals surface area contributed by atoms with Crippen molar-refractivity contribution in [3.8, 4) is 0 Å². The Morgan fingerprint density at radius 1 is 1.10 bits per heavy atom. The van der Waals surface area contributed by atoms with E-state index in [-0.39, 0.29) is 11.8 Å². The Hall–Kier alpha value is -3.06. The van der Waals surface area contributed by atoms with E-state index < -0.39 is 0 Å². The Balaban J connectivity index is 1.40. The predicted octanol–water partition coefficient (Wildman–Crippen LogP) is 4.42. The standard InChI is InChI=1S/C22H21N3O3S/c1-14-12-18(28-25-14)13-29-20-5-3-2-4-19(20)22(27)24-16-8-6-15(7-9-16)21(26)23-17-10-11-17/h2-9,12,17H,10-11,13H2,1H3,(H,23,26)(H,24,27). The quantitative estimate of drug-likeness (QED) is 0.567. The first-order chi connectivity index (χ1) is 14.1. The Morgan fingerprint density at radius 3 is 2.55 bits per heavy atom. The van der Waals surface area contributed by atoms with Crippen LogP contribution in [0.2, 0.25) is 0 Å². The smallest absolute Gasteiger partial charge is 0.256 e. The number of nitrogens with one attached hydrogen (secondary N) is 2. The predicted molar refractivity (Wildman–Crippen MR) is 112 cm³/mol. The molecule has 1 aromatic heterocycles. The Morgan fingerprint density at radius 2 is 1.86 bits per heavy atom. The molecule has 148 valence electrons. The number of anilines is 1. The molecule has 0 saturated heterocycles. The minimum atomic E-state index is -0.197. The Labute approximate surface area is 173 Å². The van der Waals surface area contributed by atoms with Gasteiger partial charge in [0, 0.05) is 28.3 Å². The molecule has 1 saturated carbocycles. The van der Waals surface area contributed by atoms with Crippen molar-refractivity contribution in [1.82, 2.24) is 10.5 Å². The lowest BCUT2D eigenvalue weighted by Crippen LogP contribution is -2.25. The van der Waals surface area contributed by atoms with Crippen LogP contribution in [-0.4, -0.2) is 23.0 Å². The van der Waals surface area contributed by atoms with Crippen molar-refractivity contribution >= 4 is 29.3 Å². The number of aryl methyl sites for hydroxylation is 1. The van der Waals surface area contributed by atoms with Crippen LogP contribution in [0.1, 0.15) is 45.0 Å². The van der Waals surface area contributed by atoms with Gasteiger partial charge in [-0.1, -0.05) is 17.3 Å². The summed E-state index contributed by atoms with van der Waals surface area (Å²) in [4.78, 5) is 25.7. The highest BCUT2D eigenvalue weighted by Crippen LogP contribution is 2.27. The molecule has 3 aromatic rings. The lowest BCUT2D eigenvalue weighted by molar-refractivity contribution is 0.0950. The van der Waals surface area contributed by atoms with Crippen molar-refractivity contribution in [2.45, 2.75) is 36.5 Å². The molecule has 0 spiro atoms. The first kappa shape index (κ1) is 19.3. The molecule has 0 aliphatic heterocycles. The van der Waals surface area contributed by atoms with Crippen molar-refractivity contribution in [2.75, 3.05) is 5.32 Å². The van der Waals surface area contributed by atoms with Crippen LogP contribution in [0.4, 0.5) is 5.69 Å². The number of hydrogen-bond acceptors (Lipinski definition) is 5. The third-order valence-electron chi connectivity index (χ3n) is 4.50. The van der Waals surface area contributed by atoms with Gasteiger partial charge in [0.05, 0.1) is 17.0 Å². The van der Waals surface area contributed by atoms with E-state index in [0.717, 1.165) is 29.2 Å². The van der Waals surface area contributed by atoms with Gasteiger partial charge in [-0.2, -0.15) is 0 Å². The summed E-state index contributed by atoms with van der Waals surface area (Å²) in [6.07, 6.45) is 2.10. The van der Waals surface area contributed by atoms with Gasteiger partial charge in [-0.25, -0.2) is 0 Å². The molecule has 7 heteroatoms. The molecule has 0 unspecified atom stereocenters. The second-order valence-corrected chi connectivity index (χ2v) is 8.02. The van der Waals surface area contributed by atoms with Crippen LogP contribution >= 0.6 is 11.8 Å². The molecule has 1 fully saturated rings. The van der Waals surface area contributed by atoms with Gasteiger partial charge < -0.3 is 15.2 Å². The zero-order chi connectivity index (χ0) is 20.2. The summed E-state index contributed by atoms with van der Waals surface area (Å²) in [5.41, 5.74) is 2.65. The molecule has 1 aliphatic rings. The van der Waals surface area contributed by atoms with Crippen molar-refractivity contribution in [2.24, 2.45) is 0 Å². The molecule has 1 aliphatic carbocycles. The van der Waals surface area contributed by atoms with Crippen molar-refractivity contribution < 1.29 is 14.1 Å². The van der Waals surface area contributed by atoms with E-state index in [1.807, 2.05) is 31.2 Å². The van der Waals surface area contributed by atoms with Crippen LogP contribution in [-0.2, 0) is 5.75 Å². The SMILES string of the molecule is Cc1cc(CSc2ccccc2C(=O)Nc2ccc(C(=O)NC3CC3)cc2)on1. The zero-order valence-corrected chi connectivity index (χ0v) is 16.8. The molecule has 0 bridgehead atoms. The van der Waals surface area contributed by atoms with Crippen molar-refractivity contribution in [3.05, 3.63) is 77.2 Å². The molecule has 29 heavy (non-hydrogen) atoms. The average Bonchev–Trinajstić information content (AvgIpc) is 3.45. The average molecular weight is 407 g/mol. The van der Waals surface area contributed by atoms with Crippen LogP contribution in [0.3, 0.4) is 0 Å². The normalized spacial score (nSPS) is 13.1. The molecule has 0 atom stereocenters. The van der Waals surface area contributed by atoms with E-state index in [2.05, 4.69) is 15.8 Å². The second-order valence-electron chi connectivity index (χ2n) is 7.00. The third-order valence-corrected chi connectivity index (χ3v) is 5.59. The number of rotatable bonds is 7. The molecule has 1 heterocycles. The van der Waals surface area contributed by atoms with E-state index in [1.54, 1.807) is 30.3 Å². The summed E-state index contributed by atoms with van der Waals surface area (Å²) in [6, 6.07) is 16.6. The number of carbonyl (C=O) groups excluding carboxylic acids is 2. The molecule has 0 radical (unpaired) electrons. The summed E-state index contributed by atoms with van der Waals surface area (Å²) < 4.78 is 5.24. The van der Waals surface area contributed by atoms with Crippen molar-refractivity contribution in [1.29, 1.82) is 0 Å². The van der Waals surface area contributed by atoms with Crippen LogP contribution in [0.15, 0.2) is 64.0 Å². The largest absolute Gasteiger partial charge is 0.360 e. The summed E-state index contributed by atoms with van der Waals surface area (Å²) in [7, 11) is 0. The van der Waals surface area contributed by atoms with Gasteiger partial charge in [0.1, 0.15) is 5.76 Å². The summed E-state index contributed by atoms with van der Waals surface area (Å²) >= 11 is 1.52. The van der Waals surface area contributed by atoms with E-state index in [0.29, 0.717) is 28.6 Å². The van der Waals surface area contributed by atoms with E-state index >= 15 is 0 Å². The van der Waals surface area contributed by atoms with E-state index in [1.165, 1.54) is 11.8 Å². The number of aromatic nitrogens is 1. The molecule has 2 amide bonds. The van der Waals surface area contributed by atoms with Gasteiger partial charge in [-0.3, -0.25) is 9.59 Å². The Bertz CT molecular complexity index is 1030. The highest BCUT2D eigenvalue weighted by atomic mass is 32.2. The Kier molecular flexibility index (Phi) is 5.67. The summed E-state index contributed by atoms with van der Waals surface area (Å²) in [6.45, 7) is 1.87. The minimum Gasteiger partial charge on any atom is -0.360 e. The van der Waals surface area contributed by atoms with Gasteiger partial charge in [0.25, 0.3) is 11.8 Å². The lowest BCUT2D eigenvalue weighted by Gasteiger charge is -2.10. The number of benzene rings is 2.